The Labute approximate surface area is 216 Å². The standard InChI is InChI=1S/C26H31FN6O3S/c1-16(2)36-14-23-22-13-33(37(34,35)25-12-29-32(4)31-25)15-26(22,23)21-10-18(11-28)24(9-17(21)3)30-20-7-5-19(27)6-8-20/h5-12,16,22-23,28,30H,13-15H2,1-4H3/t22-,23-,26+/m1/s1. The quantitative estimate of drug-likeness (QED) is 0.412. The number of benzene rings is 2. The summed E-state index contributed by atoms with van der Waals surface area (Å²) in [7, 11) is -2.20. The van der Waals surface area contributed by atoms with E-state index in [2.05, 4.69) is 15.5 Å². The van der Waals surface area contributed by atoms with Gasteiger partial charge < -0.3 is 15.5 Å². The fourth-order valence-electron chi connectivity index (χ4n) is 5.65. The van der Waals surface area contributed by atoms with Crippen LogP contribution in [0, 0.1) is 30.0 Å². The van der Waals surface area contributed by atoms with Crippen LogP contribution in [0.3, 0.4) is 0 Å². The molecule has 0 bridgehead atoms. The lowest BCUT2D eigenvalue weighted by atomic mass is 9.87. The number of hydrogen-bond donors (Lipinski definition) is 2. The molecular weight excluding hydrogens is 495 g/mol. The van der Waals surface area contributed by atoms with Crippen LogP contribution in [0.25, 0.3) is 0 Å². The molecule has 37 heavy (non-hydrogen) atoms. The van der Waals surface area contributed by atoms with Crippen molar-refractivity contribution >= 4 is 27.6 Å². The molecule has 0 radical (unpaired) electrons. The van der Waals surface area contributed by atoms with E-state index < -0.39 is 15.4 Å². The van der Waals surface area contributed by atoms with Crippen LogP contribution in [0.15, 0.2) is 47.6 Å². The first-order valence-corrected chi connectivity index (χ1v) is 13.7. The molecule has 1 saturated heterocycles. The lowest BCUT2D eigenvalue weighted by molar-refractivity contribution is 0.0615. The highest BCUT2D eigenvalue weighted by Gasteiger charge is 2.71. The van der Waals surface area contributed by atoms with Gasteiger partial charge in [0.25, 0.3) is 10.0 Å². The Kier molecular flexibility index (Phi) is 6.41. The molecule has 3 aromatic rings. The molecule has 2 N–H and O–H groups in total. The molecule has 5 rings (SSSR count). The van der Waals surface area contributed by atoms with Gasteiger partial charge in [-0.1, -0.05) is 0 Å². The maximum Gasteiger partial charge on any atom is 0.264 e. The van der Waals surface area contributed by atoms with E-state index in [0.29, 0.717) is 30.9 Å². The van der Waals surface area contributed by atoms with E-state index in [1.54, 1.807) is 19.2 Å². The van der Waals surface area contributed by atoms with E-state index in [1.165, 1.54) is 33.6 Å². The van der Waals surface area contributed by atoms with Gasteiger partial charge in [0, 0.05) is 48.7 Å². The van der Waals surface area contributed by atoms with E-state index >= 15 is 0 Å². The largest absolute Gasteiger partial charge is 0.378 e. The molecule has 0 spiro atoms. The molecular formula is C26H31FN6O3S. The predicted molar refractivity (Wildman–Crippen MR) is 138 cm³/mol. The van der Waals surface area contributed by atoms with E-state index in [-0.39, 0.29) is 28.8 Å². The second-order valence-electron chi connectivity index (χ2n) is 10.1. The number of ether oxygens (including phenoxy) is 1. The summed E-state index contributed by atoms with van der Waals surface area (Å²) in [5, 5.41) is 19.3. The summed E-state index contributed by atoms with van der Waals surface area (Å²) in [5.41, 5.74) is 3.71. The Morgan fingerprint density at radius 3 is 2.65 bits per heavy atom. The van der Waals surface area contributed by atoms with Crippen molar-refractivity contribution in [1.82, 2.24) is 19.3 Å². The van der Waals surface area contributed by atoms with Gasteiger partial charge in [-0.2, -0.15) is 14.2 Å². The Morgan fingerprint density at radius 1 is 1.30 bits per heavy atom. The van der Waals surface area contributed by atoms with Gasteiger partial charge >= 0.3 is 0 Å². The molecule has 196 valence electrons. The van der Waals surface area contributed by atoms with Gasteiger partial charge in [-0.25, -0.2) is 12.8 Å². The first-order valence-electron chi connectivity index (χ1n) is 12.2. The topological polar surface area (TPSA) is 113 Å². The van der Waals surface area contributed by atoms with E-state index in [1.807, 2.05) is 32.9 Å². The normalized spacial score (nSPS) is 23.3. The summed E-state index contributed by atoms with van der Waals surface area (Å²) in [6, 6.07) is 10.0. The smallest absolute Gasteiger partial charge is 0.264 e. The minimum Gasteiger partial charge on any atom is -0.378 e. The first-order chi connectivity index (χ1) is 17.6. The third kappa shape index (κ3) is 4.45. The van der Waals surface area contributed by atoms with Crippen LogP contribution in [0.4, 0.5) is 15.8 Å². The Balaban J connectivity index is 1.50. The fraction of sp³-hybridized carbons (Fsp3) is 0.423. The molecule has 2 aliphatic rings. The van der Waals surface area contributed by atoms with Crippen molar-refractivity contribution in [1.29, 1.82) is 5.41 Å². The van der Waals surface area contributed by atoms with Crippen molar-refractivity contribution in [2.75, 3.05) is 25.0 Å². The maximum absolute atomic E-state index is 13.4. The third-order valence-electron chi connectivity index (χ3n) is 7.51. The Morgan fingerprint density at radius 2 is 2.03 bits per heavy atom. The second-order valence-corrected chi connectivity index (χ2v) is 12.0. The summed E-state index contributed by atoms with van der Waals surface area (Å²) < 4.78 is 47.6. The summed E-state index contributed by atoms with van der Waals surface area (Å²) in [6.07, 6.45) is 2.63. The van der Waals surface area contributed by atoms with Gasteiger partial charge in [-0.15, -0.1) is 5.10 Å². The van der Waals surface area contributed by atoms with Crippen LogP contribution in [-0.2, 0) is 27.2 Å². The van der Waals surface area contributed by atoms with Crippen LogP contribution in [0.5, 0.6) is 0 Å². The SMILES string of the molecule is Cc1cc(Nc2ccc(F)cc2)c(C=N)cc1[C@@]12CN(S(=O)(=O)c3cnn(C)n3)C[C@@H]1[C@H]2COC(C)C. The molecule has 1 aromatic heterocycles. The maximum atomic E-state index is 13.4. The highest BCUT2D eigenvalue weighted by atomic mass is 32.2. The number of rotatable bonds is 9. The summed E-state index contributed by atoms with van der Waals surface area (Å²) >= 11 is 0. The number of aromatic nitrogens is 3. The summed E-state index contributed by atoms with van der Waals surface area (Å²) in [4.78, 5) is 1.24. The molecule has 1 aliphatic heterocycles. The Bertz CT molecular complexity index is 1440. The highest BCUT2D eigenvalue weighted by molar-refractivity contribution is 7.89. The molecule has 11 heteroatoms. The van der Waals surface area contributed by atoms with Gasteiger partial charge in [0.2, 0.25) is 5.03 Å². The number of anilines is 2. The third-order valence-corrected chi connectivity index (χ3v) is 9.18. The number of nitrogens with one attached hydrogen (secondary N) is 2. The van der Waals surface area contributed by atoms with Crippen molar-refractivity contribution in [3.8, 4) is 0 Å². The average Bonchev–Trinajstić information content (AvgIpc) is 3.16. The second kappa shape index (κ2) is 9.30. The van der Waals surface area contributed by atoms with E-state index in [0.717, 1.165) is 16.8 Å². The Hall–Kier alpha value is -3.15. The number of aryl methyl sites for hydroxylation is 2. The average molecular weight is 527 g/mol. The summed E-state index contributed by atoms with van der Waals surface area (Å²) in [5.74, 6) is -0.0672. The minimum atomic E-state index is -3.79. The van der Waals surface area contributed by atoms with Crippen molar-refractivity contribution in [3.05, 3.63) is 65.1 Å². The fourth-order valence-corrected chi connectivity index (χ4v) is 7.06. The monoisotopic (exact) mass is 526 g/mol. The van der Waals surface area contributed by atoms with Crippen molar-refractivity contribution in [2.24, 2.45) is 18.9 Å². The number of fused-ring (bicyclic) bond motifs is 1. The van der Waals surface area contributed by atoms with Crippen LogP contribution >= 0.6 is 0 Å². The number of halogens is 1. The lowest BCUT2D eigenvalue weighted by Crippen LogP contribution is -2.36. The molecule has 2 fully saturated rings. The van der Waals surface area contributed by atoms with Gasteiger partial charge in [0.05, 0.1) is 18.9 Å². The molecule has 2 heterocycles. The minimum absolute atomic E-state index is 0.0582. The molecule has 0 unspecified atom stereocenters. The molecule has 2 aromatic carbocycles. The van der Waals surface area contributed by atoms with E-state index in [4.69, 9.17) is 10.1 Å². The molecule has 0 amide bonds. The zero-order chi connectivity index (χ0) is 26.5. The molecule has 1 saturated carbocycles. The van der Waals surface area contributed by atoms with Crippen LogP contribution < -0.4 is 5.32 Å². The van der Waals surface area contributed by atoms with Crippen LogP contribution in [0.1, 0.15) is 30.5 Å². The lowest BCUT2D eigenvalue weighted by Gasteiger charge is -2.25. The van der Waals surface area contributed by atoms with Gasteiger partial charge in [-0.3, -0.25) is 0 Å². The van der Waals surface area contributed by atoms with Gasteiger partial charge in [0.15, 0.2) is 0 Å². The molecule has 1 aliphatic carbocycles. The van der Waals surface area contributed by atoms with Crippen molar-refractivity contribution < 1.29 is 17.5 Å². The van der Waals surface area contributed by atoms with Gasteiger partial charge in [0.1, 0.15) is 5.82 Å². The number of hydrogen-bond acceptors (Lipinski definition) is 7. The number of piperidine rings is 1. The number of nitrogens with zero attached hydrogens (tertiary/aromatic N) is 4. The predicted octanol–water partition coefficient (Wildman–Crippen LogP) is 3.62. The van der Waals surface area contributed by atoms with Gasteiger partial charge in [-0.05, 0) is 80.1 Å². The van der Waals surface area contributed by atoms with Crippen molar-refractivity contribution in [3.63, 3.8) is 0 Å². The van der Waals surface area contributed by atoms with Crippen LogP contribution in [0.2, 0.25) is 0 Å². The zero-order valence-electron chi connectivity index (χ0n) is 21.3. The van der Waals surface area contributed by atoms with E-state index in [9.17, 15) is 12.8 Å². The molecule has 3 atom stereocenters. The summed E-state index contributed by atoms with van der Waals surface area (Å²) in [6.45, 7) is 7.21. The number of sulfonamides is 1. The van der Waals surface area contributed by atoms with Crippen molar-refractivity contribution in [2.45, 2.75) is 37.3 Å². The first kappa shape index (κ1) is 25.5. The zero-order valence-corrected chi connectivity index (χ0v) is 22.1. The van der Waals surface area contributed by atoms with Crippen LogP contribution in [-0.4, -0.2) is 59.7 Å². The highest BCUT2D eigenvalue weighted by Crippen LogP contribution is 2.65. The molecule has 9 nitrogen and oxygen atoms in total.